The zero-order valence-corrected chi connectivity index (χ0v) is 13.3. The third-order valence-electron chi connectivity index (χ3n) is 3.41. The minimum atomic E-state index is -0.132. The summed E-state index contributed by atoms with van der Waals surface area (Å²) in [6.07, 6.45) is 5.84. The Balaban J connectivity index is 1.86. The molecule has 0 aromatic carbocycles. The zero-order chi connectivity index (χ0) is 15.3. The summed E-state index contributed by atoms with van der Waals surface area (Å²) in [5.74, 6) is 0.782. The molecule has 118 valence electrons. The van der Waals surface area contributed by atoms with Gasteiger partial charge in [-0.25, -0.2) is 0 Å². The highest BCUT2D eigenvalue weighted by molar-refractivity contribution is 5.48. The smallest absolute Gasteiger partial charge is 0.139 e. The van der Waals surface area contributed by atoms with Crippen LogP contribution in [0, 0.1) is 0 Å². The van der Waals surface area contributed by atoms with Crippen LogP contribution < -0.4 is 15.4 Å². The second kappa shape index (κ2) is 7.09. The van der Waals surface area contributed by atoms with Crippen molar-refractivity contribution in [3.8, 4) is 5.75 Å². The molecular formula is C16H27N3O2. The molecule has 1 aromatic rings. The van der Waals surface area contributed by atoms with E-state index in [0.717, 1.165) is 37.4 Å². The van der Waals surface area contributed by atoms with Gasteiger partial charge < -0.3 is 20.1 Å². The van der Waals surface area contributed by atoms with E-state index in [4.69, 9.17) is 15.2 Å². The molecule has 0 saturated carbocycles. The lowest BCUT2D eigenvalue weighted by Crippen LogP contribution is -2.42. The van der Waals surface area contributed by atoms with E-state index in [0.29, 0.717) is 13.2 Å². The van der Waals surface area contributed by atoms with Crippen molar-refractivity contribution in [2.45, 2.75) is 45.3 Å². The van der Waals surface area contributed by atoms with E-state index >= 15 is 0 Å². The number of aromatic nitrogens is 1. The van der Waals surface area contributed by atoms with Crippen LogP contribution in [0.5, 0.6) is 5.75 Å². The maximum Gasteiger partial charge on any atom is 0.139 e. The average Bonchev–Trinajstić information content (AvgIpc) is 2.43. The summed E-state index contributed by atoms with van der Waals surface area (Å²) in [4.78, 5) is 6.54. The molecule has 1 fully saturated rings. The first-order valence-corrected chi connectivity index (χ1v) is 7.66. The van der Waals surface area contributed by atoms with Crippen LogP contribution in [0.4, 0.5) is 5.69 Å². The van der Waals surface area contributed by atoms with Crippen molar-refractivity contribution in [1.82, 2.24) is 4.98 Å². The molecule has 1 saturated heterocycles. The number of pyridine rings is 1. The van der Waals surface area contributed by atoms with Crippen LogP contribution >= 0.6 is 0 Å². The van der Waals surface area contributed by atoms with Crippen LogP contribution in [0.25, 0.3) is 0 Å². The molecule has 1 aliphatic rings. The van der Waals surface area contributed by atoms with Crippen LogP contribution in [-0.4, -0.2) is 42.9 Å². The van der Waals surface area contributed by atoms with Gasteiger partial charge in [-0.05, 0) is 33.6 Å². The Hall–Kier alpha value is -1.33. The molecular weight excluding hydrogens is 266 g/mol. The molecule has 5 heteroatoms. The first-order chi connectivity index (χ1) is 9.94. The fraction of sp³-hybridized carbons (Fsp3) is 0.688. The maximum atomic E-state index is 6.03. The Kier molecular flexibility index (Phi) is 5.42. The van der Waals surface area contributed by atoms with Crippen LogP contribution in [-0.2, 0) is 4.74 Å². The van der Waals surface area contributed by atoms with Gasteiger partial charge in [0, 0.05) is 25.2 Å². The predicted octanol–water partition coefficient (Wildman–Crippen LogP) is 2.20. The molecule has 2 rings (SSSR count). The van der Waals surface area contributed by atoms with E-state index in [2.05, 4.69) is 9.88 Å². The third-order valence-corrected chi connectivity index (χ3v) is 3.41. The van der Waals surface area contributed by atoms with Gasteiger partial charge in [-0.3, -0.25) is 4.98 Å². The molecule has 21 heavy (non-hydrogen) atoms. The summed E-state index contributed by atoms with van der Waals surface area (Å²) in [5, 5.41) is 0. The molecule has 1 atom stereocenters. The number of ether oxygens (including phenoxy) is 2. The van der Waals surface area contributed by atoms with Crippen molar-refractivity contribution < 1.29 is 9.47 Å². The van der Waals surface area contributed by atoms with Gasteiger partial charge in [-0.2, -0.15) is 0 Å². The van der Waals surface area contributed by atoms with Gasteiger partial charge in [-0.15, -0.1) is 0 Å². The van der Waals surface area contributed by atoms with Crippen molar-refractivity contribution >= 4 is 5.69 Å². The van der Waals surface area contributed by atoms with E-state index < -0.39 is 0 Å². The molecule has 1 aliphatic heterocycles. The quantitative estimate of drug-likeness (QED) is 0.843. The predicted molar refractivity (Wildman–Crippen MR) is 84.9 cm³/mol. The molecule has 0 aliphatic carbocycles. The fourth-order valence-electron chi connectivity index (χ4n) is 2.41. The number of rotatable bonds is 5. The van der Waals surface area contributed by atoms with Gasteiger partial charge in [0.05, 0.1) is 30.3 Å². The van der Waals surface area contributed by atoms with Gasteiger partial charge >= 0.3 is 0 Å². The molecule has 5 nitrogen and oxygen atoms in total. The standard InChI is InChI=1S/C16H27N3O2/c1-16(2,3)21-8-7-20-15-9-14(10-18-11-15)19-6-4-5-13(17)12-19/h9-11,13H,4-8,12,17H2,1-3H3. The summed E-state index contributed by atoms with van der Waals surface area (Å²) in [5.41, 5.74) is 6.98. The summed E-state index contributed by atoms with van der Waals surface area (Å²) < 4.78 is 11.4. The summed E-state index contributed by atoms with van der Waals surface area (Å²) in [6, 6.07) is 2.28. The van der Waals surface area contributed by atoms with E-state index in [9.17, 15) is 0 Å². The van der Waals surface area contributed by atoms with Gasteiger partial charge in [0.15, 0.2) is 0 Å². The van der Waals surface area contributed by atoms with Crippen LogP contribution in [0.1, 0.15) is 33.6 Å². The first kappa shape index (κ1) is 16.0. The topological polar surface area (TPSA) is 60.6 Å². The van der Waals surface area contributed by atoms with Crippen LogP contribution in [0.3, 0.4) is 0 Å². The largest absolute Gasteiger partial charge is 0.489 e. The molecule has 0 spiro atoms. The molecule has 1 aromatic heterocycles. The number of anilines is 1. The number of piperidine rings is 1. The number of hydrogen-bond acceptors (Lipinski definition) is 5. The summed E-state index contributed by atoms with van der Waals surface area (Å²) >= 11 is 0. The van der Waals surface area contributed by atoms with Gasteiger partial charge in [-0.1, -0.05) is 0 Å². The Labute approximate surface area is 127 Å². The van der Waals surface area contributed by atoms with Crippen molar-refractivity contribution in [3.05, 3.63) is 18.5 Å². The highest BCUT2D eigenvalue weighted by Gasteiger charge is 2.17. The number of hydrogen-bond donors (Lipinski definition) is 1. The highest BCUT2D eigenvalue weighted by Crippen LogP contribution is 2.22. The fourth-order valence-corrected chi connectivity index (χ4v) is 2.41. The Morgan fingerprint density at radius 1 is 1.33 bits per heavy atom. The van der Waals surface area contributed by atoms with Gasteiger partial charge in [0.1, 0.15) is 12.4 Å². The first-order valence-electron chi connectivity index (χ1n) is 7.66. The lowest BCUT2D eigenvalue weighted by molar-refractivity contribution is -0.0163. The van der Waals surface area contributed by atoms with Gasteiger partial charge in [0.25, 0.3) is 0 Å². The monoisotopic (exact) mass is 293 g/mol. The minimum absolute atomic E-state index is 0.132. The highest BCUT2D eigenvalue weighted by atomic mass is 16.5. The van der Waals surface area contributed by atoms with Crippen molar-refractivity contribution in [3.63, 3.8) is 0 Å². The van der Waals surface area contributed by atoms with E-state index in [1.807, 2.05) is 33.0 Å². The maximum absolute atomic E-state index is 6.03. The Morgan fingerprint density at radius 2 is 2.14 bits per heavy atom. The summed E-state index contributed by atoms with van der Waals surface area (Å²) in [7, 11) is 0. The van der Waals surface area contributed by atoms with Gasteiger partial charge in [0.2, 0.25) is 0 Å². The third kappa shape index (κ3) is 5.52. The Bertz CT molecular complexity index is 445. The van der Waals surface area contributed by atoms with E-state index in [-0.39, 0.29) is 11.6 Å². The molecule has 0 amide bonds. The number of nitrogens with two attached hydrogens (primary N) is 1. The molecule has 0 bridgehead atoms. The van der Waals surface area contributed by atoms with E-state index in [1.54, 1.807) is 6.20 Å². The lowest BCUT2D eigenvalue weighted by atomic mass is 10.1. The molecule has 1 unspecified atom stereocenters. The second-order valence-electron chi connectivity index (χ2n) is 6.54. The average molecular weight is 293 g/mol. The second-order valence-corrected chi connectivity index (χ2v) is 6.54. The normalized spacial score (nSPS) is 19.6. The van der Waals surface area contributed by atoms with Crippen molar-refractivity contribution in [2.75, 3.05) is 31.2 Å². The van der Waals surface area contributed by atoms with Crippen LogP contribution in [0.15, 0.2) is 18.5 Å². The summed E-state index contributed by atoms with van der Waals surface area (Å²) in [6.45, 7) is 9.13. The molecule has 2 heterocycles. The molecule has 2 N–H and O–H groups in total. The zero-order valence-electron chi connectivity index (χ0n) is 13.3. The van der Waals surface area contributed by atoms with E-state index in [1.165, 1.54) is 0 Å². The minimum Gasteiger partial charge on any atom is -0.489 e. The van der Waals surface area contributed by atoms with Crippen LogP contribution in [0.2, 0.25) is 0 Å². The SMILES string of the molecule is CC(C)(C)OCCOc1cncc(N2CCCC(N)C2)c1. The Morgan fingerprint density at radius 3 is 2.86 bits per heavy atom. The lowest BCUT2D eigenvalue weighted by Gasteiger charge is -2.32. The number of nitrogens with zero attached hydrogens (tertiary/aromatic N) is 2. The van der Waals surface area contributed by atoms with Crippen molar-refractivity contribution in [2.24, 2.45) is 5.73 Å². The van der Waals surface area contributed by atoms with Crippen molar-refractivity contribution in [1.29, 1.82) is 0 Å². The molecule has 0 radical (unpaired) electrons.